The predicted molar refractivity (Wildman–Crippen MR) is 82.3 cm³/mol. The van der Waals surface area contributed by atoms with Crippen LogP contribution in [0.5, 0.6) is 0 Å². The van der Waals surface area contributed by atoms with Crippen LogP contribution in [0, 0.1) is 12.7 Å². The molecule has 2 rings (SSSR count). The number of hydrogen-bond acceptors (Lipinski definition) is 2. The first-order valence-electron chi connectivity index (χ1n) is 7.45. The first-order chi connectivity index (χ1) is 9.17. The van der Waals surface area contributed by atoms with Gasteiger partial charge < -0.3 is 10.6 Å². The summed E-state index contributed by atoms with van der Waals surface area (Å²) in [5, 5.41) is 7.32. The molecular formula is C17H27FN2. The largest absolute Gasteiger partial charge is 0.310 e. The van der Waals surface area contributed by atoms with Gasteiger partial charge in [0.25, 0.3) is 0 Å². The van der Waals surface area contributed by atoms with Gasteiger partial charge in [-0.25, -0.2) is 4.39 Å². The molecule has 0 atom stereocenters. The number of hydrogen-bond donors (Lipinski definition) is 2. The molecule has 0 bridgehead atoms. The molecule has 0 aromatic heterocycles. The second kappa shape index (κ2) is 5.45. The summed E-state index contributed by atoms with van der Waals surface area (Å²) >= 11 is 0. The van der Waals surface area contributed by atoms with E-state index in [1.165, 1.54) is 0 Å². The van der Waals surface area contributed by atoms with Crippen LogP contribution in [-0.4, -0.2) is 17.1 Å². The van der Waals surface area contributed by atoms with Crippen LogP contribution in [0.1, 0.15) is 51.7 Å². The maximum atomic E-state index is 13.3. The van der Waals surface area contributed by atoms with Gasteiger partial charge in [-0.1, -0.05) is 12.1 Å². The van der Waals surface area contributed by atoms with Gasteiger partial charge in [-0.15, -0.1) is 0 Å². The summed E-state index contributed by atoms with van der Waals surface area (Å²) in [7, 11) is 0. The predicted octanol–water partition coefficient (Wildman–Crippen LogP) is 3.53. The summed E-state index contributed by atoms with van der Waals surface area (Å²) in [6, 6.07) is 5.85. The Morgan fingerprint density at radius 2 is 1.80 bits per heavy atom. The molecule has 1 saturated heterocycles. The van der Waals surface area contributed by atoms with E-state index in [2.05, 4.69) is 38.3 Å². The highest BCUT2D eigenvalue weighted by atomic mass is 19.1. The fourth-order valence-electron chi connectivity index (χ4n) is 3.55. The lowest BCUT2D eigenvalue weighted by molar-refractivity contribution is 0.145. The van der Waals surface area contributed by atoms with Crippen LogP contribution >= 0.6 is 0 Å². The molecule has 0 saturated carbocycles. The van der Waals surface area contributed by atoms with Gasteiger partial charge in [-0.2, -0.15) is 0 Å². The van der Waals surface area contributed by atoms with E-state index < -0.39 is 0 Å². The van der Waals surface area contributed by atoms with Crippen molar-refractivity contribution in [2.75, 3.05) is 0 Å². The molecule has 0 unspecified atom stereocenters. The summed E-state index contributed by atoms with van der Waals surface area (Å²) in [5.74, 6) is -0.127. The monoisotopic (exact) mass is 278 g/mol. The van der Waals surface area contributed by atoms with Crippen LogP contribution in [0.3, 0.4) is 0 Å². The van der Waals surface area contributed by atoms with Crippen molar-refractivity contribution in [3.8, 4) is 0 Å². The van der Waals surface area contributed by atoms with Gasteiger partial charge in [-0.05, 0) is 64.7 Å². The van der Waals surface area contributed by atoms with E-state index in [1.807, 2.05) is 19.1 Å². The third kappa shape index (κ3) is 4.03. The number of halogens is 1. The van der Waals surface area contributed by atoms with Gasteiger partial charge in [-0.3, -0.25) is 0 Å². The normalized spacial score (nSPS) is 21.9. The van der Waals surface area contributed by atoms with E-state index in [9.17, 15) is 4.39 Å². The van der Waals surface area contributed by atoms with Crippen molar-refractivity contribution in [2.45, 2.75) is 71.1 Å². The Labute approximate surface area is 122 Å². The number of rotatable bonds is 3. The molecule has 3 heteroatoms. The quantitative estimate of drug-likeness (QED) is 0.884. The molecule has 1 aromatic rings. The second-order valence-corrected chi connectivity index (χ2v) is 7.46. The molecule has 1 aliphatic heterocycles. The molecule has 1 fully saturated rings. The Balaban J connectivity index is 1.98. The van der Waals surface area contributed by atoms with Crippen LogP contribution in [0.4, 0.5) is 4.39 Å². The van der Waals surface area contributed by atoms with E-state index in [-0.39, 0.29) is 16.9 Å². The molecule has 1 heterocycles. The maximum Gasteiger partial charge on any atom is 0.126 e. The summed E-state index contributed by atoms with van der Waals surface area (Å²) < 4.78 is 13.3. The molecular weight excluding hydrogens is 251 g/mol. The van der Waals surface area contributed by atoms with Crippen molar-refractivity contribution in [3.63, 3.8) is 0 Å². The maximum absolute atomic E-state index is 13.3. The molecule has 0 spiro atoms. The van der Waals surface area contributed by atoms with Crippen molar-refractivity contribution in [1.82, 2.24) is 10.6 Å². The molecule has 0 radical (unpaired) electrons. The summed E-state index contributed by atoms with van der Waals surface area (Å²) in [6.07, 6.45) is 2.22. The molecule has 20 heavy (non-hydrogen) atoms. The molecule has 0 amide bonds. The van der Waals surface area contributed by atoms with Crippen molar-refractivity contribution in [1.29, 1.82) is 0 Å². The van der Waals surface area contributed by atoms with Crippen molar-refractivity contribution < 1.29 is 4.39 Å². The first kappa shape index (κ1) is 15.5. The molecule has 1 aliphatic rings. The molecule has 2 nitrogen and oxygen atoms in total. The second-order valence-electron chi connectivity index (χ2n) is 7.46. The first-order valence-corrected chi connectivity index (χ1v) is 7.45. The average Bonchev–Trinajstić information content (AvgIpc) is 2.27. The zero-order valence-corrected chi connectivity index (χ0v) is 13.3. The summed E-state index contributed by atoms with van der Waals surface area (Å²) in [4.78, 5) is 0. The fraction of sp³-hybridized carbons (Fsp3) is 0.647. The fourth-order valence-corrected chi connectivity index (χ4v) is 3.55. The minimum atomic E-state index is -0.127. The van der Waals surface area contributed by atoms with E-state index in [4.69, 9.17) is 0 Å². The van der Waals surface area contributed by atoms with Gasteiger partial charge in [0.05, 0.1) is 0 Å². The van der Waals surface area contributed by atoms with E-state index in [1.54, 1.807) is 6.07 Å². The van der Waals surface area contributed by atoms with Crippen LogP contribution in [0.25, 0.3) is 0 Å². The molecule has 1 aromatic carbocycles. The van der Waals surface area contributed by atoms with Crippen LogP contribution in [0.15, 0.2) is 18.2 Å². The molecule has 2 N–H and O–H groups in total. The number of aryl methyl sites for hydroxylation is 1. The van der Waals surface area contributed by atoms with Crippen molar-refractivity contribution in [2.24, 2.45) is 0 Å². The summed E-state index contributed by atoms with van der Waals surface area (Å²) in [6.45, 7) is 11.6. The van der Waals surface area contributed by atoms with Crippen molar-refractivity contribution in [3.05, 3.63) is 35.1 Å². The van der Waals surface area contributed by atoms with E-state index >= 15 is 0 Å². The van der Waals surface area contributed by atoms with Gasteiger partial charge in [0.15, 0.2) is 0 Å². The number of benzene rings is 1. The highest BCUT2D eigenvalue weighted by Gasteiger charge is 2.37. The Bertz CT molecular complexity index is 464. The van der Waals surface area contributed by atoms with Crippen LogP contribution in [-0.2, 0) is 6.54 Å². The smallest absolute Gasteiger partial charge is 0.126 e. The van der Waals surface area contributed by atoms with Gasteiger partial charge in [0.1, 0.15) is 5.82 Å². The van der Waals surface area contributed by atoms with E-state index in [0.29, 0.717) is 6.04 Å². The number of nitrogens with one attached hydrogen (secondary N) is 2. The van der Waals surface area contributed by atoms with Gasteiger partial charge in [0, 0.05) is 23.7 Å². The minimum absolute atomic E-state index is 0.127. The third-order valence-corrected chi connectivity index (χ3v) is 4.01. The Hall–Kier alpha value is -0.930. The Morgan fingerprint density at radius 1 is 1.20 bits per heavy atom. The topological polar surface area (TPSA) is 24.1 Å². The minimum Gasteiger partial charge on any atom is -0.310 e. The van der Waals surface area contributed by atoms with Gasteiger partial charge in [0.2, 0.25) is 0 Å². The highest BCUT2D eigenvalue weighted by molar-refractivity contribution is 5.23. The average molecular weight is 278 g/mol. The third-order valence-electron chi connectivity index (χ3n) is 4.01. The standard InChI is InChI=1S/C17H27FN2/c1-12-8-13(6-7-15(12)18)11-19-14-9-16(2,3)20-17(4,5)10-14/h6-8,14,19-20H,9-11H2,1-5H3. The lowest BCUT2D eigenvalue weighted by Crippen LogP contribution is -2.61. The molecule has 112 valence electrons. The SMILES string of the molecule is Cc1cc(CNC2CC(C)(C)NC(C)(C)C2)ccc1F. The van der Waals surface area contributed by atoms with Gasteiger partial charge >= 0.3 is 0 Å². The summed E-state index contributed by atoms with van der Waals surface area (Å²) in [5.41, 5.74) is 2.17. The molecule has 0 aliphatic carbocycles. The van der Waals surface area contributed by atoms with E-state index in [0.717, 1.165) is 30.5 Å². The number of piperidine rings is 1. The van der Waals surface area contributed by atoms with Crippen LogP contribution in [0.2, 0.25) is 0 Å². The van der Waals surface area contributed by atoms with Crippen LogP contribution < -0.4 is 10.6 Å². The Morgan fingerprint density at radius 3 is 2.35 bits per heavy atom. The van der Waals surface area contributed by atoms with Crippen molar-refractivity contribution >= 4 is 0 Å². The Kier molecular flexibility index (Phi) is 4.22. The lowest BCUT2D eigenvalue weighted by atomic mass is 9.79. The lowest BCUT2D eigenvalue weighted by Gasteiger charge is -2.46. The zero-order chi connectivity index (χ0) is 15.0. The highest BCUT2D eigenvalue weighted by Crippen LogP contribution is 2.28. The zero-order valence-electron chi connectivity index (χ0n) is 13.3.